The summed E-state index contributed by atoms with van der Waals surface area (Å²) in [5.41, 5.74) is -3.11. The number of rotatable bonds is 5. The van der Waals surface area contributed by atoms with Crippen molar-refractivity contribution in [3.05, 3.63) is 80.6 Å². The van der Waals surface area contributed by atoms with Gasteiger partial charge in [-0.15, -0.1) is 0 Å². The minimum Gasteiger partial charge on any atom is -0.382 e. The minimum absolute atomic E-state index is 0.0404. The normalized spacial score (nSPS) is 17.9. The highest BCUT2D eigenvalue weighted by Gasteiger charge is 2.37. The number of alkyl halides is 9. The molecule has 0 unspecified atom stereocenters. The summed E-state index contributed by atoms with van der Waals surface area (Å²) in [6.45, 7) is 1.91. The maximum atomic E-state index is 13.4. The largest absolute Gasteiger partial charge is 0.416 e. The van der Waals surface area contributed by atoms with Gasteiger partial charge in [-0.3, -0.25) is 0 Å². The molecular weight excluding hydrogens is 607 g/mol. The third-order valence-electron chi connectivity index (χ3n) is 6.27. The van der Waals surface area contributed by atoms with Gasteiger partial charge in [-0.05, 0) is 76.3 Å². The minimum atomic E-state index is -5.00. The lowest BCUT2D eigenvalue weighted by Crippen LogP contribution is -2.31. The topological polar surface area (TPSA) is 49.8 Å². The summed E-state index contributed by atoms with van der Waals surface area (Å²) < 4.78 is 120. The molecule has 39 heavy (non-hydrogen) atoms. The Hall–Kier alpha value is -3.03. The van der Waals surface area contributed by atoms with Gasteiger partial charge < -0.3 is 10.6 Å². The molecular formula is C25H20BrF9N4. The van der Waals surface area contributed by atoms with Crippen molar-refractivity contribution in [2.24, 2.45) is 0 Å². The second-order valence-electron chi connectivity index (χ2n) is 9.06. The van der Waals surface area contributed by atoms with Crippen LogP contribution in [0.3, 0.4) is 0 Å². The Balaban J connectivity index is 1.67. The Kier molecular flexibility index (Phi) is 7.80. The molecule has 210 valence electrons. The van der Waals surface area contributed by atoms with Crippen LogP contribution in [-0.2, 0) is 24.9 Å². The summed E-state index contributed by atoms with van der Waals surface area (Å²) in [4.78, 5) is 8.38. The fraction of sp³-hybridized carbons (Fsp3) is 0.360. The zero-order chi connectivity index (χ0) is 28.8. The first-order chi connectivity index (χ1) is 18.0. The van der Waals surface area contributed by atoms with Crippen molar-refractivity contribution in [3.63, 3.8) is 0 Å². The molecule has 2 N–H and O–H groups in total. The molecule has 1 aromatic heterocycles. The molecule has 14 heteroatoms. The highest BCUT2D eigenvalue weighted by atomic mass is 79.9. The van der Waals surface area contributed by atoms with E-state index in [1.807, 2.05) is 6.92 Å². The highest BCUT2D eigenvalue weighted by molar-refractivity contribution is 9.10. The fourth-order valence-corrected chi connectivity index (χ4v) is 4.65. The van der Waals surface area contributed by atoms with E-state index in [4.69, 9.17) is 0 Å². The first-order valence-corrected chi connectivity index (χ1v) is 12.4. The van der Waals surface area contributed by atoms with Crippen LogP contribution in [0, 0.1) is 0 Å². The Morgan fingerprint density at radius 1 is 0.897 bits per heavy atom. The molecule has 0 spiro atoms. The monoisotopic (exact) mass is 626 g/mol. The molecule has 0 radical (unpaired) electrons. The predicted octanol–water partition coefficient (Wildman–Crippen LogP) is 8.63. The third-order valence-corrected chi connectivity index (χ3v) is 6.93. The van der Waals surface area contributed by atoms with Gasteiger partial charge in [0.2, 0.25) is 5.95 Å². The summed E-state index contributed by atoms with van der Waals surface area (Å²) in [6.07, 6.45) is -12.6. The predicted molar refractivity (Wildman–Crippen MR) is 129 cm³/mol. The van der Waals surface area contributed by atoms with Crippen LogP contribution in [0.25, 0.3) is 0 Å². The fourth-order valence-electron chi connectivity index (χ4n) is 4.32. The SMILES string of the molecule is CC[C@@H]1C[C@H](Nc2ncc(Br)c(Cc3cc(C(F)(F)F)cc(C(F)(F)F)c3)n2)c2cc(C(F)(F)F)ccc2N1. The maximum absolute atomic E-state index is 13.4. The van der Waals surface area contributed by atoms with E-state index in [9.17, 15) is 39.5 Å². The second-order valence-corrected chi connectivity index (χ2v) is 9.92. The number of hydrogen-bond donors (Lipinski definition) is 2. The Morgan fingerprint density at radius 2 is 1.51 bits per heavy atom. The molecule has 4 nitrogen and oxygen atoms in total. The number of anilines is 2. The summed E-state index contributed by atoms with van der Waals surface area (Å²) in [7, 11) is 0. The van der Waals surface area contributed by atoms with Crippen molar-refractivity contribution in [3.8, 4) is 0 Å². The van der Waals surface area contributed by atoms with Crippen LogP contribution >= 0.6 is 15.9 Å². The molecule has 2 heterocycles. The molecule has 0 bridgehead atoms. The Labute approximate surface area is 225 Å². The smallest absolute Gasteiger partial charge is 0.382 e. The van der Waals surface area contributed by atoms with E-state index < -0.39 is 47.7 Å². The van der Waals surface area contributed by atoms with E-state index in [-0.39, 0.29) is 33.8 Å². The van der Waals surface area contributed by atoms with Crippen LogP contribution in [0.2, 0.25) is 0 Å². The van der Waals surface area contributed by atoms with Crippen molar-refractivity contribution in [2.75, 3.05) is 10.6 Å². The lowest BCUT2D eigenvalue weighted by molar-refractivity contribution is -0.143. The highest BCUT2D eigenvalue weighted by Crippen LogP contribution is 2.40. The maximum Gasteiger partial charge on any atom is 0.416 e. The third kappa shape index (κ3) is 6.76. The van der Waals surface area contributed by atoms with E-state index in [0.717, 1.165) is 12.1 Å². The average Bonchev–Trinajstić information content (AvgIpc) is 2.83. The van der Waals surface area contributed by atoms with Crippen LogP contribution in [0.15, 0.2) is 47.1 Å². The lowest BCUT2D eigenvalue weighted by atomic mass is 9.90. The Bertz CT molecular complexity index is 1320. The van der Waals surface area contributed by atoms with E-state index in [1.54, 1.807) is 0 Å². The van der Waals surface area contributed by atoms with Crippen molar-refractivity contribution in [1.82, 2.24) is 9.97 Å². The number of hydrogen-bond acceptors (Lipinski definition) is 4. The molecule has 2 atom stereocenters. The van der Waals surface area contributed by atoms with Gasteiger partial charge in [0.05, 0.1) is 32.9 Å². The first-order valence-electron chi connectivity index (χ1n) is 11.6. The van der Waals surface area contributed by atoms with Crippen LogP contribution in [0.4, 0.5) is 51.1 Å². The molecule has 0 saturated carbocycles. The number of nitrogens with one attached hydrogen (secondary N) is 2. The lowest BCUT2D eigenvalue weighted by Gasteiger charge is -2.34. The molecule has 1 aliphatic rings. The molecule has 4 rings (SSSR count). The number of fused-ring (bicyclic) bond motifs is 1. The van der Waals surface area contributed by atoms with E-state index in [2.05, 4.69) is 36.5 Å². The number of halogens is 10. The molecule has 0 amide bonds. The second kappa shape index (κ2) is 10.5. The van der Waals surface area contributed by atoms with Gasteiger partial charge in [0, 0.05) is 24.3 Å². The van der Waals surface area contributed by atoms with Crippen LogP contribution in [-0.4, -0.2) is 16.0 Å². The van der Waals surface area contributed by atoms with E-state index in [1.165, 1.54) is 12.3 Å². The summed E-state index contributed by atoms with van der Waals surface area (Å²) in [6, 6.07) is 3.88. The molecule has 3 aromatic rings. The van der Waals surface area contributed by atoms with Crippen LogP contribution in [0.5, 0.6) is 0 Å². The summed E-state index contributed by atoms with van der Waals surface area (Å²) in [5.74, 6) is -0.0404. The van der Waals surface area contributed by atoms with Gasteiger partial charge >= 0.3 is 18.5 Å². The molecule has 1 aliphatic heterocycles. The molecule has 0 saturated heterocycles. The van der Waals surface area contributed by atoms with E-state index >= 15 is 0 Å². The van der Waals surface area contributed by atoms with Crippen molar-refractivity contribution >= 4 is 27.6 Å². The van der Waals surface area contributed by atoms with Gasteiger partial charge in [0.1, 0.15) is 0 Å². The molecule has 0 fully saturated rings. The van der Waals surface area contributed by atoms with Gasteiger partial charge in [-0.1, -0.05) is 6.92 Å². The Morgan fingerprint density at radius 3 is 2.08 bits per heavy atom. The van der Waals surface area contributed by atoms with Crippen molar-refractivity contribution < 1.29 is 39.5 Å². The zero-order valence-corrected chi connectivity index (χ0v) is 21.6. The van der Waals surface area contributed by atoms with Crippen molar-refractivity contribution in [2.45, 2.75) is 56.8 Å². The molecule has 0 aliphatic carbocycles. The van der Waals surface area contributed by atoms with Crippen LogP contribution in [0.1, 0.15) is 59.3 Å². The van der Waals surface area contributed by atoms with Gasteiger partial charge in [-0.25, -0.2) is 9.97 Å². The quantitative estimate of drug-likeness (QED) is 0.278. The zero-order valence-electron chi connectivity index (χ0n) is 20.0. The van der Waals surface area contributed by atoms with Gasteiger partial charge in [0.25, 0.3) is 0 Å². The average molecular weight is 627 g/mol. The summed E-state index contributed by atoms with van der Waals surface area (Å²) >= 11 is 3.17. The molecule has 2 aromatic carbocycles. The van der Waals surface area contributed by atoms with Gasteiger partial charge in [0.15, 0.2) is 0 Å². The number of aromatic nitrogens is 2. The van der Waals surface area contributed by atoms with Crippen LogP contribution < -0.4 is 10.6 Å². The number of nitrogens with zero attached hydrogens (tertiary/aromatic N) is 2. The first kappa shape index (κ1) is 29.0. The van der Waals surface area contributed by atoms with Crippen molar-refractivity contribution in [1.29, 1.82) is 0 Å². The number of benzene rings is 2. The van der Waals surface area contributed by atoms with Gasteiger partial charge in [-0.2, -0.15) is 39.5 Å². The standard InChI is InChI=1S/C25H20BrF9N4/c1-2-16-10-20(17-9-13(23(27,28)29)3-4-19(17)37-16)38-22-36-11-18(26)21(39-22)7-12-5-14(24(30,31)32)8-15(6-12)25(33,34)35/h3-6,8-9,11,16,20,37H,2,7,10H2,1H3,(H,36,38,39)/t16-,20+/m1/s1. The summed E-state index contributed by atoms with van der Waals surface area (Å²) in [5, 5.41) is 6.18. The van der Waals surface area contributed by atoms with E-state index in [0.29, 0.717) is 36.2 Å².